The Morgan fingerprint density at radius 3 is 2.58 bits per heavy atom. The number of halogens is 2. The van der Waals surface area contributed by atoms with E-state index < -0.39 is 0 Å². The molecule has 1 aromatic carbocycles. The first-order valence-electron chi connectivity index (χ1n) is 6.58. The zero-order chi connectivity index (χ0) is 14.4. The van der Waals surface area contributed by atoms with Crippen LogP contribution >= 0.6 is 23.2 Å². The van der Waals surface area contributed by atoms with Gasteiger partial charge in [0.05, 0.1) is 10.0 Å². The van der Waals surface area contributed by atoms with Crippen molar-refractivity contribution >= 4 is 29.0 Å². The monoisotopic (exact) mass is 301 g/mol. The summed E-state index contributed by atoms with van der Waals surface area (Å²) in [5.74, 6) is 0.974. The lowest BCUT2D eigenvalue weighted by molar-refractivity contribution is -0.119. The van der Waals surface area contributed by atoms with E-state index in [-0.39, 0.29) is 11.7 Å². The number of carbonyl (C=O) groups excluding carboxylic acids is 1. The fourth-order valence-corrected chi connectivity index (χ4v) is 2.61. The second-order valence-electron chi connectivity index (χ2n) is 5.36. The van der Waals surface area contributed by atoms with Crippen LogP contribution in [0.3, 0.4) is 0 Å². The Morgan fingerprint density at radius 1 is 1.32 bits per heavy atom. The van der Waals surface area contributed by atoms with Crippen LogP contribution in [0.1, 0.15) is 32.3 Å². The van der Waals surface area contributed by atoms with Crippen molar-refractivity contribution in [1.29, 1.82) is 0 Å². The van der Waals surface area contributed by atoms with E-state index in [0.29, 0.717) is 35.3 Å². The summed E-state index contributed by atoms with van der Waals surface area (Å²) in [5, 5.41) is 0.968. The number of rotatable bonds is 7. The molecular formula is C15H21Cl2NO. The summed E-state index contributed by atoms with van der Waals surface area (Å²) in [5.41, 5.74) is 6.51. The van der Waals surface area contributed by atoms with Gasteiger partial charge in [0.2, 0.25) is 0 Å². The molecule has 0 aliphatic rings. The van der Waals surface area contributed by atoms with Gasteiger partial charge >= 0.3 is 0 Å². The minimum absolute atomic E-state index is 0.167. The van der Waals surface area contributed by atoms with E-state index in [2.05, 4.69) is 13.8 Å². The van der Waals surface area contributed by atoms with Crippen LogP contribution in [-0.2, 0) is 11.2 Å². The standard InChI is InChI=1S/C15H21Cl2NO/c1-10(2)6-11(9-18)7-13(19)8-12-4-3-5-14(16)15(12)17/h3-5,10-11H,6-9,18H2,1-2H3. The van der Waals surface area contributed by atoms with Crippen molar-refractivity contribution in [3.05, 3.63) is 33.8 Å². The minimum Gasteiger partial charge on any atom is -0.330 e. The highest BCUT2D eigenvalue weighted by Crippen LogP contribution is 2.26. The summed E-state index contributed by atoms with van der Waals surface area (Å²) in [6.45, 7) is 4.83. The molecule has 0 radical (unpaired) electrons. The highest BCUT2D eigenvalue weighted by atomic mass is 35.5. The van der Waals surface area contributed by atoms with E-state index in [1.54, 1.807) is 6.07 Å². The van der Waals surface area contributed by atoms with Crippen LogP contribution in [0.15, 0.2) is 18.2 Å². The maximum absolute atomic E-state index is 12.1. The molecule has 19 heavy (non-hydrogen) atoms. The van der Waals surface area contributed by atoms with E-state index in [0.717, 1.165) is 12.0 Å². The molecule has 0 spiro atoms. The van der Waals surface area contributed by atoms with Gasteiger partial charge in [0, 0.05) is 12.8 Å². The maximum Gasteiger partial charge on any atom is 0.137 e. The number of hydrogen-bond acceptors (Lipinski definition) is 2. The molecule has 0 heterocycles. The van der Waals surface area contributed by atoms with Crippen molar-refractivity contribution in [1.82, 2.24) is 0 Å². The fourth-order valence-electron chi connectivity index (χ4n) is 2.22. The van der Waals surface area contributed by atoms with Crippen LogP contribution in [0, 0.1) is 11.8 Å². The molecule has 0 aromatic heterocycles. The third-order valence-electron chi connectivity index (χ3n) is 3.07. The highest BCUT2D eigenvalue weighted by molar-refractivity contribution is 6.42. The van der Waals surface area contributed by atoms with Gasteiger partial charge in [-0.05, 0) is 36.4 Å². The number of ketones is 1. The number of nitrogens with two attached hydrogens (primary N) is 1. The normalized spacial score (nSPS) is 12.7. The van der Waals surface area contributed by atoms with Crippen LogP contribution in [0.4, 0.5) is 0 Å². The van der Waals surface area contributed by atoms with Gasteiger partial charge < -0.3 is 5.73 Å². The zero-order valence-electron chi connectivity index (χ0n) is 11.5. The van der Waals surface area contributed by atoms with Gasteiger partial charge in [0.25, 0.3) is 0 Å². The summed E-state index contributed by atoms with van der Waals surface area (Å²) in [4.78, 5) is 12.1. The lowest BCUT2D eigenvalue weighted by atomic mass is 9.91. The number of carbonyl (C=O) groups is 1. The van der Waals surface area contributed by atoms with Gasteiger partial charge in [-0.1, -0.05) is 49.2 Å². The highest BCUT2D eigenvalue weighted by Gasteiger charge is 2.16. The molecule has 1 aromatic rings. The second-order valence-corrected chi connectivity index (χ2v) is 6.15. The van der Waals surface area contributed by atoms with E-state index in [1.807, 2.05) is 12.1 Å². The molecule has 2 N–H and O–H groups in total. The van der Waals surface area contributed by atoms with Crippen molar-refractivity contribution in [3.63, 3.8) is 0 Å². The van der Waals surface area contributed by atoms with Gasteiger partial charge in [0.15, 0.2) is 0 Å². The summed E-state index contributed by atoms with van der Waals surface area (Å²) >= 11 is 12.0. The van der Waals surface area contributed by atoms with Crippen molar-refractivity contribution in [2.75, 3.05) is 6.54 Å². The predicted molar refractivity (Wildman–Crippen MR) is 81.8 cm³/mol. The first-order valence-corrected chi connectivity index (χ1v) is 7.34. The van der Waals surface area contributed by atoms with Gasteiger partial charge in [-0.15, -0.1) is 0 Å². The SMILES string of the molecule is CC(C)CC(CN)CC(=O)Cc1cccc(Cl)c1Cl. The van der Waals surface area contributed by atoms with Crippen molar-refractivity contribution < 1.29 is 4.79 Å². The first kappa shape index (κ1) is 16.5. The average molecular weight is 302 g/mol. The van der Waals surface area contributed by atoms with E-state index in [1.165, 1.54) is 0 Å². The minimum atomic E-state index is 0.167. The smallest absolute Gasteiger partial charge is 0.137 e. The molecule has 106 valence electrons. The Hall–Kier alpha value is -0.570. The van der Waals surface area contributed by atoms with Crippen molar-refractivity contribution in [2.45, 2.75) is 33.1 Å². The number of hydrogen-bond donors (Lipinski definition) is 1. The molecule has 0 bridgehead atoms. The van der Waals surface area contributed by atoms with Crippen LogP contribution in [0.2, 0.25) is 10.0 Å². The molecule has 0 amide bonds. The maximum atomic E-state index is 12.1. The zero-order valence-corrected chi connectivity index (χ0v) is 13.0. The van der Waals surface area contributed by atoms with Crippen LogP contribution in [0.25, 0.3) is 0 Å². The fraction of sp³-hybridized carbons (Fsp3) is 0.533. The second kappa shape index (κ2) is 7.88. The molecule has 1 atom stereocenters. The summed E-state index contributed by atoms with van der Waals surface area (Å²) in [7, 11) is 0. The van der Waals surface area contributed by atoms with Gasteiger partial charge in [-0.3, -0.25) is 4.79 Å². The lowest BCUT2D eigenvalue weighted by Crippen LogP contribution is -2.20. The molecule has 4 heteroatoms. The lowest BCUT2D eigenvalue weighted by Gasteiger charge is -2.16. The third-order valence-corrected chi connectivity index (χ3v) is 3.93. The summed E-state index contributed by atoms with van der Waals surface area (Å²) < 4.78 is 0. The summed E-state index contributed by atoms with van der Waals surface area (Å²) in [6.07, 6.45) is 1.82. The van der Waals surface area contributed by atoms with E-state index >= 15 is 0 Å². The van der Waals surface area contributed by atoms with Gasteiger partial charge in [-0.2, -0.15) is 0 Å². The van der Waals surface area contributed by atoms with Crippen LogP contribution in [-0.4, -0.2) is 12.3 Å². The first-order chi connectivity index (χ1) is 8.93. The average Bonchev–Trinajstić information content (AvgIpc) is 2.33. The summed E-state index contributed by atoms with van der Waals surface area (Å²) in [6, 6.07) is 5.37. The Labute approximate surface area is 125 Å². The molecule has 0 fully saturated rings. The van der Waals surface area contributed by atoms with E-state index in [4.69, 9.17) is 28.9 Å². The molecule has 0 aliphatic carbocycles. The molecule has 0 saturated carbocycles. The topological polar surface area (TPSA) is 43.1 Å². The van der Waals surface area contributed by atoms with Crippen LogP contribution < -0.4 is 5.73 Å². The molecule has 1 rings (SSSR count). The van der Waals surface area contributed by atoms with E-state index in [9.17, 15) is 4.79 Å². The third kappa shape index (κ3) is 5.52. The van der Waals surface area contributed by atoms with Gasteiger partial charge in [0.1, 0.15) is 5.78 Å². The molecule has 0 saturated heterocycles. The molecule has 0 aliphatic heterocycles. The predicted octanol–water partition coefficient (Wildman–Crippen LogP) is 4.12. The Bertz CT molecular complexity index is 432. The largest absolute Gasteiger partial charge is 0.330 e. The van der Waals surface area contributed by atoms with Crippen LogP contribution in [0.5, 0.6) is 0 Å². The Morgan fingerprint density at radius 2 is 2.00 bits per heavy atom. The Kier molecular flexibility index (Phi) is 6.84. The number of Topliss-reactive ketones (excluding diaryl/α,β-unsaturated/α-hetero) is 1. The van der Waals surface area contributed by atoms with Crippen molar-refractivity contribution in [3.8, 4) is 0 Å². The number of benzene rings is 1. The van der Waals surface area contributed by atoms with Gasteiger partial charge in [-0.25, -0.2) is 0 Å². The Balaban J connectivity index is 2.62. The molecule has 1 unspecified atom stereocenters. The molecular weight excluding hydrogens is 281 g/mol. The quantitative estimate of drug-likeness (QED) is 0.823. The van der Waals surface area contributed by atoms with Crippen molar-refractivity contribution in [2.24, 2.45) is 17.6 Å². The molecule has 2 nitrogen and oxygen atoms in total.